The molecule has 27 heavy (non-hydrogen) atoms. The predicted molar refractivity (Wildman–Crippen MR) is 98.5 cm³/mol. The van der Waals surface area contributed by atoms with Gasteiger partial charge in [0.25, 0.3) is 5.91 Å². The summed E-state index contributed by atoms with van der Waals surface area (Å²) in [7, 11) is 0. The van der Waals surface area contributed by atoms with Gasteiger partial charge >= 0.3 is 6.03 Å². The van der Waals surface area contributed by atoms with Gasteiger partial charge in [0.2, 0.25) is 0 Å². The Kier molecular flexibility index (Phi) is 4.30. The Morgan fingerprint density at radius 3 is 2.96 bits per heavy atom. The summed E-state index contributed by atoms with van der Waals surface area (Å²) >= 11 is 0. The molecular formula is C18H17N7O2. The third-order valence-corrected chi connectivity index (χ3v) is 4.63. The molecule has 1 fully saturated rings. The van der Waals surface area contributed by atoms with Crippen molar-refractivity contribution in [2.75, 3.05) is 34.8 Å². The summed E-state index contributed by atoms with van der Waals surface area (Å²) in [4.78, 5) is 37.4. The van der Waals surface area contributed by atoms with Crippen LogP contribution in [0.4, 0.5) is 22.1 Å². The number of nitrogens with one attached hydrogen (secondary N) is 2. The van der Waals surface area contributed by atoms with E-state index in [9.17, 15) is 9.59 Å². The highest BCUT2D eigenvalue weighted by molar-refractivity contribution is 6.05. The molecule has 4 heterocycles. The normalized spacial score (nSPS) is 17.1. The number of hydrogen-bond donors (Lipinski definition) is 2. The molecule has 2 aliphatic heterocycles. The Morgan fingerprint density at radius 1 is 1.30 bits per heavy atom. The highest BCUT2D eigenvalue weighted by Gasteiger charge is 2.40. The van der Waals surface area contributed by atoms with Gasteiger partial charge in [0, 0.05) is 19.3 Å². The number of anilines is 3. The van der Waals surface area contributed by atoms with Gasteiger partial charge in [-0.3, -0.25) is 15.0 Å². The maximum Gasteiger partial charge on any atom is 0.329 e. The summed E-state index contributed by atoms with van der Waals surface area (Å²) in [5.41, 5.74) is 0.985. The zero-order valence-corrected chi connectivity index (χ0v) is 14.4. The number of carbonyl (C=O) groups is 2. The molecule has 2 aromatic heterocycles. The summed E-state index contributed by atoms with van der Waals surface area (Å²) in [6.45, 7) is 1.45. The SMILES string of the molecule is N#CCNC(=O)c1ccc2c(n1)N(C(=O)Nc1ccccn1)C1CCN2C1. The molecule has 1 atom stereocenters. The van der Waals surface area contributed by atoms with Crippen LogP contribution >= 0.6 is 0 Å². The molecule has 2 N–H and O–H groups in total. The monoisotopic (exact) mass is 363 g/mol. The molecule has 2 aliphatic rings. The van der Waals surface area contributed by atoms with Crippen molar-refractivity contribution in [1.82, 2.24) is 15.3 Å². The van der Waals surface area contributed by atoms with E-state index < -0.39 is 5.91 Å². The average molecular weight is 363 g/mol. The first-order valence-electron chi connectivity index (χ1n) is 8.60. The van der Waals surface area contributed by atoms with Gasteiger partial charge in [-0.05, 0) is 30.7 Å². The number of pyridine rings is 2. The summed E-state index contributed by atoms with van der Waals surface area (Å²) in [6.07, 6.45) is 2.43. The van der Waals surface area contributed by atoms with Crippen molar-refractivity contribution < 1.29 is 9.59 Å². The first kappa shape index (κ1) is 16.8. The first-order valence-corrected chi connectivity index (χ1v) is 8.60. The smallest absolute Gasteiger partial charge is 0.329 e. The minimum absolute atomic E-state index is 0.0221. The first-order chi connectivity index (χ1) is 13.2. The minimum atomic E-state index is -0.447. The van der Waals surface area contributed by atoms with E-state index in [1.165, 1.54) is 0 Å². The van der Waals surface area contributed by atoms with Crippen molar-refractivity contribution in [3.8, 4) is 6.07 Å². The summed E-state index contributed by atoms with van der Waals surface area (Å²) in [5, 5.41) is 13.9. The van der Waals surface area contributed by atoms with Crippen LogP contribution in [0.15, 0.2) is 36.5 Å². The number of rotatable bonds is 3. The fourth-order valence-electron chi connectivity index (χ4n) is 3.41. The maximum absolute atomic E-state index is 12.9. The van der Waals surface area contributed by atoms with Crippen molar-refractivity contribution in [2.45, 2.75) is 12.5 Å². The van der Waals surface area contributed by atoms with Gasteiger partial charge in [-0.25, -0.2) is 14.8 Å². The lowest BCUT2D eigenvalue weighted by atomic mass is 10.1. The number of hydrogen-bond acceptors (Lipinski definition) is 6. The Balaban J connectivity index is 1.66. The van der Waals surface area contributed by atoms with E-state index >= 15 is 0 Å². The van der Waals surface area contributed by atoms with Crippen LogP contribution < -0.4 is 20.4 Å². The topological polar surface area (TPSA) is 114 Å². The maximum atomic E-state index is 12.9. The zero-order chi connectivity index (χ0) is 18.8. The van der Waals surface area contributed by atoms with Crippen LogP contribution in [0.25, 0.3) is 0 Å². The van der Waals surface area contributed by atoms with Gasteiger partial charge < -0.3 is 10.2 Å². The Morgan fingerprint density at radius 2 is 2.19 bits per heavy atom. The summed E-state index contributed by atoms with van der Waals surface area (Å²) < 4.78 is 0. The van der Waals surface area contributed by atoms with E-state index in [-0.39, 0.29) is 24.3 Å². The van der Waals surface area contributed by atoms with Crippen molar-refractivity contribution in [3.05, 3.63) is 42.2 Å². The van der Waals surface area contributed by atoms with Crippen LogP contribution in [0.5, 0.6) is 0 Å². The van der Waals surface area contributed by atoms with E-state index in [0.29, 0.717) is 11.6 Å². The zero-order valence-electron chi connectivity index (χ0n) is 14.4. The molecule has 0 aliphatic carbocycles. The Labute approximate surface area is 155 Å². The van der Waals surface area contributed by atoms with Crippen molar-refractivity contribution >= 4 is 29.3 Å². The van der Waals surface area contributed by atoms with Gasteiger partial charge in [0.15, 0.2) is 5.82 Å². The van der Waals surface area contributed by atoms with Crippen LogP contribution in [0, 0.1) is 11.3 Å². The predicted octanol–water partition coefficient (Wildman–Crippen LogP) is 1.36. The third-order valence-electron chi connectivity index (χ3n) is 4.63. The number of fused-ring (bicyclic) bond motifs is 4. The summed E-state index contributed by atoms with van der Waals surface area (Å²) in [6, 6.07) is 10.2. The van der Waals surface area contributed by atoms with Crippen molar-refractivity contribution in [3.63, 3.8) is 0 Å². The molecule has 1 unspecified atom stereocenters. The van der Waals surface area contributed by atoms with E-state index in [1.54, 1.807) is 41.4 Å². The molecule has 3 amide bonds. The van der Waals surface area contributed by atoms with E-state index in [2.05, 4.69) is 25.5 Å². The van der Waals surface area contributed by atoms with Crippen molar-refractivity contribution in [2.24, 2.45) is 0 Å². The molecule has 2 aromatic rings. The second-order valence-corrected chi connectivity index (χ2v) is 6.28. The van der Waals surface area contributed by atoms with E-state index in [1.807, 2.05) is 6.07 Å². The van der Waals surface area contributed by atoms with Crippen LogP contribution in [-0.4, -0.2) is 47.6 Å². The molecule has 136 valence electrons. The lowest BCUT2D eigenvalue weighted by molar-refractivity contribution is 0.0953. The number of urea groups is 1. The number of amides is 3. The van der Waals surface area contributed by atoms with Crippen LogP contribution in [0.2, 0.25) is 0 Å². The summed E-state index contributed by atoms with van der Waals surface area (Å²) in [5.74, 6) is 0.450. The van der Waals surface area contributed by atoms with Gasteiger partial charge in [0.05, 0.1) is 17.8 Å². The number of nitriles is 1. The Bertz CT molecular complexity index is 925. The lowest BCUT2D eigenvalue weighted by Crippen LogP contribution is -2.48. The third kappa shape index (κ3) is 3.13. The molecule has 0 saturated carbocycles. The van der Waals surface area contributed by atoms with Gasteiger partial charge in [-0.2, -0.15) is 5.26 Å². The fraction of sp³-hybridized carbons (Fsp3) is 0.278. The number of aromatic nitrogens is 2. The largest absolute Gasteiger partial charge is 0.366 e. The molecule has 9 heteroatoms. The highest BCUT2D eigenvalue weighted by atomic mass is 16.2. The fourth-order valence-corrected chi connectivity index (χ4v) is 3.41. The van der Waals surface area contributed by atoms with Crippen LogP contribution in [0.1, 0.15) is 16.9 Å². The highest BCUT2D eigenvalue weighted by Crippen LogP contribution is 2.39. The lowest BCUT2D eigenvalue weighted by Gasteiger charge is -2.35. The standard InChI is InChI=1S/C18H17N7O2/c19-7-9-21-17(26)13-4-5-14-16(22-13)25(12-6-10-24(14)11-12)18(27)23-15-3-1-2-8-20-15/h1-5,8,12H,6,9-11H2,(H,21,26)(H,20,23,27). The molecule has 0 spiro atoms. The average Bonchev–Trinajstić information content (AvgIpc) is 3.11. The van der Waals surface area contributed by atoms with Gasteiger partial charge in [-0.1, -0.05) is 6.07 Å². The van der Waals surface area contributed by atoms with Crippen molar-refractivity contribution in [1.29, 1.82) is 5.26 Å². The minimum Gasteiger partial charge on any atom is -0.366 e. The molecule has 4 rings (SSSR count). The molecule has 2 bridgehead atoms. The molecular weight excluding hydrogens is 346 g/mol. The molecule has 1 saturated heterocycles. The van der Waals surface area contributed by atoms with Gasteiger partial charge in [0.1, 0.15) is 18.1 Å². The molecule has 9 nitrogen and oxygen atoms in total. The van der Waals surface area contributed by atoms with E-state index in [0.717, 1.165) is 25.2 Å². The molecule has 0 aromatic carbocycles. The Hall–Kier alpha value is -3.67. The van der Waals surface area contributed by atoms with Crippen LogP contribution in [0.3, 0.4) is 0 Å². The van der Waals surface area contributed by atoms with E-state index in [4.69, 9.17) is 5.26 Å². The van der Waals surface area contributed by atoms with Crippen LogP contribution in [-0.2, 0) is 0 Å². The molecule has 0 radical (unpaired) electrons. The number of carbonyl (C=O) groups excluding carboxylic acids is 2. The second kappa shape index (κ2) is 6.92. The van der Waals surface area contributed by atoms with Gasteiger partial charge in [-0.15, -0.1) is 0 Å². The second-order valence-electron chi connectivity index (χ2n) is 6.28. The number of nitrogens with zero attached hydrogens (tertiary/aromatic N) is 5. The quantitative estimate of drug-likeness (QED) is 0.796.